The van der Waals surface area contributed by atoms with Gasteiger partial charge in [0.2, 0.25) is 53.2 Å². The summed E-state index contributed by atoms with van der Waals surface area (Å²) in [5.74, 6) is -8.28. The molecule has 0 spiro atoms. The Labute approximate surface area is 470 Å². The van der Waals surface area contributed by atoms with Crippen molar-refractivity contribution in [3.8, 4) is 0 Å². The van der Waals surface area contributed by atoms with Crippen LogP contribution in [0.3, 0.4) is 0 Å². The first-order valence-corrected chi connectivity index (χ1v) is 27.3. The molecular formula is C49H89N21O11. The zero-order chi connectivity index (χ0) is 60.4. The van der Waals surface area contributed by atoms with Gasteiger partial charge in [0.15, 0.2) is 5.96 Å². The predicted molar refractivity (Wildman–Crippen MR) is 298 cm³/mol. The van der Waals surface area contributed by atoms with E-state index in [4.69, 9.17) is 51.6 Å². The third-order valence-electron chi connectivity index (χ3n) is 12.9. The second-order valence-corrected chi connectivity index (χ2v) is 19.5. The molecule has 81 heavy (non-hydrogen) atoms. The van der Waals surface area contributed by atoms with Gasteiger partial charge in [0, 0.05) is 37.9 Å². The van der Waals surface area contributed by atoms with Gasteiger partial charge in [-0.05, 0) is 117 Å². The van der Waals surface area contributed by atoms with E-state index in [-0.39, 0.29) is 89.2 Å². The number of guanidine groups is 1. The summed E-state index contributed by atoms with van der Waals surface area (Å²) in [5, 5.41) is 30.7. The number of imidazole rings is 1. The molecule has 0 bridgehead atoms. The van der Waals surface area contributed by atoms with Crippen molar-refractivity contribution >= 4 is 65.0 Å². The number of amides is 10. The Balaban J connectivity index is 2.29. The summed E-state index contributed by atoms with van der Waals surface area (Å²) in [6.07, 6.45) is 6.74. The highest BCUT2D eigenvalue weighted by molar-refractivity contribution is 6.02. The van der Waals surface area contributed by atoms with Crippen molar-refractivity contribution in [1.29, 1.82) is 0 Å². The fraction of sp³-hybridized carbons (Fsp3) is 0.673. The van der Waals surface area contributed by atoms with Gasteiger partial charge >= 0.3 is 0 Å². The molecule has 0 aliphatic carbocycles. The lowest BCUT2D eigenvalue weighted by Gasteiger charge is -2.30. The monoisotopic (exact) mass is 1150 g/mol. The molecule has 0 aromatic carbocycles. The van der Waals surface area contributed by atoms with Crippen LogP contribution in [0.5, 0.6) is 0 Å². The highest BCUT2D eigenvalue weighted by Crippen LogP contribution is 2.21. The van der Waals surface area contributed by atoms with Crippen LogP contribution in [-0.4, -0.2) is 192 Å². The minimum atomic E-state index is -1.57. The fourth-order valence-electron chi connectivity index (χ4n) is 8.35. The van der Waals surface area contributed by atoms with Crippen LogP contribution >= 0.6 is 0 Å². The quantitative estimate of drug-likeness (QED) is 0.0126. The van der Waals surface area contributed by atoms with Crippen LogP contribution < -0.4 is 94.1 Å². The largest absolute Gasteiger partial charge is 0.389 e. The van der Waals surface area contributed by atoms with E-state index in [1.54, 1.807) is 0 Å². The second-order valence-electron chi connectivity index (χ2n) is 19.5. The number of aliphatic hydroxyl groups excluding tert-OH is 1. The first-order chi connectivity index (χ1) is 38.6. The van der Waals surface area contributed by atoms with Crippen LogP contribution in [0, 0.1) is 0 Å². The minimum Gasteiger partial charge on any atom is -0.389 e. The number of aliphatic hydroxyl groups is 1. The molecular weight excluding hydrogens is 1060 g/mol. The molecule has 1 aromatic heterocycles. The van der Waals surface area contributed by atoms with Crippen molar-refractivity contribution in [1.82, 2.24) is 57.4 Å². The van der Waals surface area contributed by atoms with Gasteiger partial charge in [-0.15, -0.1) is 0 Å². The van der Waals surface area contributed by atoms with E-state index in [9.17, 15) is 53.1 Å². The van der Waals surface area contributed by atoms with Gasteiger partial charge in [-0.2, -0.15) is 0 Å². The van der Waals surface area contributed by atoms with Crippen molar-refractivity contribution in [2.24, 2.45) is 56.6 Å². The first-order valence-electron chi connectivity index (χ1n) is 27.3. The number of aromatic nitrogens is 2. The Kier molecular flexibility index (Phi) is 33.0. The average Bonchev–Trinajstić information content (AvgIpc) is 4.18. The van der Waals surface area contributed by atoms with Gasteiger partial charge in [0.25, 0.3) is 5.91 Å². The first kappa shape index (κ1) is 69.7. The number of hydrogen-bond acceptors (Lipinski definition) is 19. The molecule has 1 aromatic rings. The van der Waals surface area contributed by atoms with Crippen LogP contribution in [0.15, 0.2) is 29.3 Å². The van der Waals surface area contributed by atoms with E-state index < -0.39 is 127 Å². The number of rotatable bonds is 40. The van der Waals surface area contributed by atoms with Gasteiger partial charge in [-0.1, -0.05) is 12.5 Å². The predicted octanol–water partition coefficient (Wildman–Crippen LogP) is -8.09. The standard InChI is InChI=1S/C49H89N21O11/c1-28(63-47(80)39(37(71)24-54)69-42(75)30(55)11-2-5-17-50)41(74)61-26-38(72)64-34(14-8-20-53)48(81)70-22-10-16-36(70)46(79)68-35(23-29-25-59-27-62-29)45(78)67-32(13-4-7-19-52)44(77)66-33(15-9-21-60-49(57)58)43(76)65-31(40(56)73)12-3-6-18-51/h15,25,27-28,30-32,34-37,39,71H,2-14,16-24,26,50-55H2,1H3,(H2,56,73)(H,59,62)(H,61,74)(H,63,80)(H,64,72)(H,65,76)(H,66,77)(H,67,78)(H,68,79)(H,69,75)(H4,57,58,60)/b33-15-/t28-,30-,31-,32-,34+,35-,36-,37-,39-/m0/s1. The lowest BCUT2D eigenvalue weighted by atomic mass is 10.0. The molecule has 9 atom stereocenters. The number of primary amides is 1. The summed E-state index contributed by atoms with van der Waals surface area (Å²) in [6.45, 7) is 1.44. The van der Waals surface area contributed by atoms with E-state index in [2.05, 4.69) is 57.5 Å². The van der Waals surface area contributed by atoms with E-state index >= 15 is 0 Å². The van der Waals surface area contributed by atoms with Crippen LogP contribution in [0.1, 0.15) is 103 Å². The van der Waals surface area contributed by atoms with E-state index in [0.717, 1.165) is 0 Å². The number of aromatic amines is 1. The summed E-state index contributed by atoms with van der Waals surface area (Å²) in [4.78, 5) is 147. The Bertz CT molecular complexity index is 2250. The van der Waals surface area contributed by atoms with Crippen molar-refractivity contribution in [2.45, 2.75) is 158 Å². The zero-order valence-corrected chi connectivity index (χ0v) is 46.3. The molecule has 0 unspecified atom stereocenters. The maximum absolute atomic E-state index is 14.4. The number of carbonyl (C=O) groups is 10. The molecule has 1 aliphatic heterocycles. The van der Waals surface area contributed by atoms with Crippen molar-refractivity contribution < 1.29 is 53.1 Å². The Morgan fingerprint density at radius 3 is 1.95 bits per heavy atom. The molecule has 10 amide bonds. The molecule has 0 radical (unpaired) electrons. The van der Waals surface area contributed by atoms with Gasteiger partial charge in [-0.25, -0.2) is 4.98 Å². The Morgan fingerprint density at radius 1 is 0.728 bits per heavy atom. The molecule has 0 saturated carbocycles. The molecule has 32 heteroatoms. The Morgan fingerprint density at radius 2 is 1.36 bits per heavy atom. The number of nitrogens with one attached hydrogen (secondary N) is 9. The second kappa shape index (κ2) is 38.3. The van der Waals surface area contributed by atoms with E-state index in [1.807, 2.05) is 0 Å². The molecule has 28 N–H and O–H groups in total. The van der Waals surface area contributed by atoms with Crippen molar-refractivity contribution in [3.05, 3.63) is 30.0 Å². The molecule has 2 rings (SSSR count). The van der Waals surface area contributed by atoms with Crippen LogP contribution in [0.25, 0.3) is 0 Å². The highest BCUT2D eigenvalue weighted by Gasteiger charge is 2.40. The van der Waals surface area contributed by atoms with Gasteiger partial charge in [0.1, 0.15) is 48.0 Å². The molecule has 456 valence electrons. The number of carbonyl (C=O) groups excluding carboxylic acids is 10. The van der Waals surface area contributed by atoms with Crippen LogP contribution in [0.2, 0.25) is 0 Å². The fourth-order valence-corrected chi connectivity index (χ4v) is 8.35. The molecule has 1 saturated heterocycles. The number of H-pyrrole nitrogens is 1. The smallest absolute Gasteiger partial charge is 0.268 e. The molecule has 1 fully saturated rings. The van der Waals surface area contributed by atoms with Gasteiger partial charge in [0.05, 0.1) is 25.0 Å². The lowest BCUT2D eigenvalue weighted by Crippen LogP contribution is -2.60. The average molecular weight is 1150 g/mol. The summed E-state index contributed by atoms with van der Waals surface area (Å²) >= 11 is 0. The lowest BCUT2D eigenvalue weighted by molar-refractivity contribution is -0.142. The SMILES string of the molecule is C[C@H](NC(=O)[C@@H](NC(=O)[C@@H](N)CCCCN)[C@@H](O)CN)C(=O)NCC(=O)N[C@H](CCCN)C(=O)N1CCC[C@H]1C(=O)N[C@@H](Cc1cnc[nH]1)C(=O)N[C@@H](CCCCN)C(=O)N/C(=C\CCN=C(N)N)C(=O)N[C@@H](CCCCN)C(N)=O. The minimum absolute atomic E-state index is 0.0244. The Hall–Kier alpha value is -7.36. The topological polar surface area (TPSA) is 566 Å². The maximum Gasteiger partial charge on any atom is 0.268 e. The number of nitrogens with zero attached hydrogens (tertiary/aromatic N) is 3. The third kappa shape index (κ3) is 25.8. The summed E-state index contributed by atoms with van der Waals surface area (Å²) < 4.78 is 0. The van der Waals surface area contributed by atoms with Crippen molar-refractivity contribution in [3.63, 3.8) is 0 Å². The maximum atomic E-state index is 14.4. The number of unbranched alkanes of at least 4 members (excludes halogenated alkanes) is 3. The normalized spacial score (nSPS) is 16.2. The number of hydrogen-bond donors (Lipinski definition) is 19. The molecule has 1 aliphatic rings. The van der Waals surface area contributed by atoms with Crippen LogP contribution in [-0.2, 0) is 54.4 Å². The van der Waals surface area contributed by atoms with E-state index in [0.29, 0.717) is 63.7 Å². The van der Waals surface area contributed by atoms with Crippen LogP contribution in [0.4, 0.5) is 0 Å². The molecule has 2 heterocycles. The number of aliphatic imine (C=N–C) groups is 1. The highest BCUT2D eigenvalue weighted by atomic mass is 16.3. The van der Waals surface area contributed by atoms with Gasteiger partial charge < -0.3 is 109 Å². The number of nitrogens with two attached hydrogens (primary N) is 9. The molecule has 32 nitrogen and oxygen atoms in total. The summed E-state index contributed by atoms with van der Waals surface area (Å²) in [5.41, 5.74) is 50.8. The summed E-state index contributed by atoms with van der Waals surface area (Å²) in [6, 6.07) is -10.1. The van der Waals surface area contributed by atoms with Crippen molar-refractivity contribution in [2.75, 3.05) is 52.4 Å². The number of likely N-dealkylation sites (tertiary alicyclic amines) is 1. The van der Waals surface area contributed by atoms with E-state index in [1.165, 1.54) is 30.4 Å². The summed E-state index contributed by atoms with van der Waals surface area (Å²) in [7, 11) is 0. The van der Waals surface area contributed by atoms with Gasteiger partial charge in [-0.3, -0.25) is 52.9 Å². The third-order valence-corrected chi connectivity index (χ3v) is 12.9. The zero-order valence-electron chi connectivity index (χ0n) is 46.3.